The van der Waals surface area contributed by atoms with E-state index >= 15 is 0 Å². The van der Waals surface area contributed by atoms with Crippen LogP contribution < -0.4 is 5.32 Å². The van der Waals surface area contributed by atoms with Gasteiger partial charge in [0.15, 0.2) is 0 Å². The molecule has 0 spiro atoms. The van der Waals surface area contributed by atoms with Gasteiger partial charge < -0.3 is 5.32 Å². The first kappa shape index (κ1) is 17.6. The van der Waals surface area contributed by atoms with E-state index in [1.54, 1.807) is 13.0 Å². The third-order valence-electron chi connectivity index (χ3n) is 3.87. The van der Waals surface area contributed by atoms with Crippen LogP contribution in [-0.4, -0.2) is 40.3 Å². The highest BCUT2D eigenvalue weighted by Crippen LogP contribution is 2.33. The first-order valence-electron chi connectivity index (χ1n) is 7.89. The summed E-state index contributed by atoms with van der Waals surface area (Å²) in [5, 5.41) is 10.4. The summed E-state index contributed by atoms with van der Waals surface area (Å²) < 4.78 is 41.9. The number of fused-ring (bicyclic) bond motifs is 1. The molecule has 0 unspecified atom stereocenters. The lowest BCUT2D eigenvalue weighted by Crippen LogP contribution is -2.17. The Kier molecular flexibility index (Phi) is 4.02. The van der Waals surface area contributed by atoms with Gasteiger partial charge in [0.1, 0.15) is 12.7 Å². The molecule has 1 amide bonds. The van der Waals surface area contributed by atoms with Crippen molar-refractivity contribution in [1.82, 2.24) is 34.3 Å². The molecule has 1 N–H and O–H groups in total. The van der Waals surface area contributed by atoms with Gasteiger partial charge in [-0.1, -0.05) is 0 Å². The van der Waals surface area contributed by atoms with Crippen molar-refractivity contribution in [3.63, 3.8) is 0 Å². The molecular formula is C16H11F3N8O. The van der Waals surface area contributed by atoms with E-state index in [0.29, 0.717) is 5.69 Å². The van der Waals surface area contributed by atoms with Crippen molar-refractivity contribution in [1.29, 1.82) is 0 Å². The summed E-state index contributed by atoms with van der Waals surface area (Å²) in [7, 11) is 0. The molecule has 3 aromatic heterocycles. The molecule has 9 nitrogen and oxygen atoms in total. The van der Waals surface area contributed by atoms with Crippen molar-refractivity contribution >= 4 is 17.4 Å². The van der Waals surface area contributed by atoms with Crippen molar-refractivity contribution in [3.8, 4) is 5.69 Å². The second-order valence-corrected chi connectivity index (χ2v) is 5.76. The zero-order valence-corrected chi connectivity index (χ0v) is 14.2. The van der Waals surface area contributed by atoms with Gasteiger partial charge in [-0.25, -0.2) is 19.2 Å². The molecule has 28 heavy (non-hydrogen) atoms. The zero-order valence-electron chi connectivity index (χ0n) is 14.2. The number of halogens is 3. The van der Waals surface area contributed by atoms with Gasteiger partial charge in [0.25, 0.3) is 11.7 Å². The maximum absolute atomic E-state index is 13.1. The molecular weight excluding hydrogens is 377 g/mol. The maximum Gasteiger partial charge on any atom is 0.416 e. The number of nitrogens with zero attached hydrogens (tertiary/aromatic N) is 7. The molecule has 0 bridgehead atoms. The van der Waals surface area contributed by atoms with Gasteiger partial charge in [0.2, 0.25) is 5.82 Å². The standard InChI is InChI=1S/C16H11F3N8O/c1-9-4-5-21-15-24-13(25-27(9)15)14(28)23-11-6-10(16(17,18)19)2-3-12(11)26-8-20-7-22-26/h2-8H,1H3,(H,23,28). The van der Waals surface area contributed by atoms with Crippen LogP contribution in [0.5, 0.6) is 0 Å². The quantitative estimate of drug-likeness (QED) is 0.578. The molecule has 4 rings (SSSR count). The van der Waals surface area contributed by atoms with E-state index in [1.165, 1.54) is 34.1 Å². The highest BCUT2D eigenvalue weighted by molar-refractivity contribution is 6.03. The van der Waals surface area contributed by atoms with Crippen LogP contribution in [0.1, 0.15) is 21.9 Å². The number of rotatable bonds is 3. The van der Waals surface area contributed by atoms with Gasteiger partial charge in [0, 0.05) is 11.9 Å². The fourth-order valence-corrected chi connectivity index (χ4v) is 2.53. The summed E-state index contributed by atoms with van der Waals surface area (Å²) in [5.74, 6) is -0.819. The number of alkyl halides is 3. The van der Waals surface area contributed by atoms with Gasteiger partial charge in [-0.3, -0.25) is 4.79 Å². The number of hydrogen-bond acceptors (Lipinski definition) is 6. The van der Waals surface area contributed by atoms with Gasteiger partial charge in [-0.2, -0.15) is 23.3 Å². The number of nitrogens with one attached hydrogen (secondary N) is 1. The van der Waals surface area contributed by atoms with Crippen molar-refractivity contribution < 1.29 is 18.0 Å². The van der Waals surface area contributed by atoms with Crippen LogP contribution in [0, 0.1) is 6.92 Å². The minimum absolute atomic E-state index is 0.117. The number of hydrogen-bond donors (Lipinski definition) is 1. The highest BCUT2D eigenvalue weighted by atomic mass is 19.4. The Hall–Kier alpha value is -3.83. The molecule has 142 valence electrons. The van der Waals surface area contributed by atoms with Crippen molar-refractivity contribution in [2.75, 3.05) is 5.32 Å². The molecule has 0 radical (unpaired) electrons. The summed E-state index contributed by atoms with van der Waals surface area (Å²) in [6.07, 6.45) is -0.546. The Labute approximate surface area is 154 Å². The Balaban J connectivity index is 1.74. The number of aromatic nitrogens is 7. The minimum Gasteiger partial charge on any atom is -0.317 e. The first-order chi connectivity index (χ1) is 13.3. The van der Waals surface area contributed by atoms with E-state index in [-0.39, 0.29) is 23.0 Å². The normalized spacial score (nSPS) is 11.7. The van der Waals surface area contributed by atoms with Crippen LogP contribution in [0.4, 0.5) is 18.9 Å². The zero-order chi connectivity index (χ0) is 19.9. The number of amides is 1. The predicted molar refractivity (Wildman–Crippen MR) is 89.8 cm³/mol. The summed E-state index contributed by atoms with van der Waals surface area (Å²) in [5.41, 5.74) is -0.142. The van der Waals surface area contributed by atoms with E-state index in [0.717, 1.165) is 12.1 Å². The van der Waals surface area contributed by atoms with Gasteiger partial charge in [-0.15, -0.1) is 5.10 Å². The second-order valence-electron chi connectivity index (χ2n) is 5.76. The van der Waals surface area contributed by atoms with Crippen LogP contribution in [0.15, 0.2) is 43.1 Å². The number of anilines is 1. The number of aryl methyl sites for hydroxylation is 1. The number of benzene rings is 1. The molecule has 12 heteroatoms. The third kappa shape index (κ3) is 3.15. The Morgan fingerprint density at radius 2 is 2.04 bits per heavy atom. The van der Waals surface area contributed by atoms with Crippen molar-refractivity contribution in [2.24, 2.45) is 0 Å². The molecule has 1 aromatic carbocycles. The molecule has 0 aliphatic rings. The molecule has 0 saturated heterocycles. The van der Waals surface area contributed by atoms with Gasteiger partial charge >= 0.3 is 6.18 Å². The molecule has 0 saturated carbocycles. The molecule has 0 atom stereocenters. The van der Waals surface area contributed by atoms with Gasteiger partial charge in [0.05, 0.1) is 16.9 Å². The molecule has 0 aliphatic heterocycles. The van der Waals surface area contributed by atoms with E-state index in [2.05, 4.69) is 30.5 Å². The van der Waals surface area contributed by atoms with Crippen LogP contribution in [0.2, 0.25) is 0 Å². The lowest BCUT2D eigenvalue weighted by molar-refractivity contribution is -0.137. The number of carbonyl (C=O) groups is 1. The summed E-state index contributed by atoms with van der Waals surface area (Å²) >= 11 is 0. The van der Waals surface area contributed by atoms with E-state index in [4.69, 9.17) is 0 Å². The van der Waals surface area contributed by atoms with E-state index in [9.17, 15) is 18.0 Å². The summed E-state index contributed by atoms with van der Waals surface area (Å²) in [6, 6.07) is 4.58. The Bertz CT molecular complexity index is 1170. The van der Waals surface area contributed by atoms with Crippen molar-refractivity contribution in [2.45, 2.75) is 13.1 Å². The van der Waals surface area contributed by atoms with Gasteiger partial charge in [-0.05, 0) is 31.2 Å². The fraction of sp³-hybridized carbons (Fsp3) is 0.125. The summed E-state index contributed by atoms with van der Waals surface area (Å²) in [6.45, 7) is 1.75. The fourth-order valence-electron chi connectivity index (χ4n) is 2.53. The minimum atomic E-state index is -4.58. The summed E-state index contributed by atoms with van der Waals surface area (Å²) in [4.78, 5) is 24.3. The van der Waals surface area contributed by atoms with Crippen LogP contribution in [-0.2, 0) is 6.18 Å². The average molecular weight is 388 g/mol. The SMILES string of the molecule is Cc1ccnc2nc(C(=O)Nc3cc(C(F)(F)F)ccc3-n3cncn3)nn12. The Morgan fingerprint density at radius 1 is 1.21 bits per heavy atom. The molecule has 4 aromatic rings. The lowest BCUT2D eigenvalue weighted by Gasteiger charge is -2.13. The smallest absolute Gasteiger partial charge is 0.317 e. The molecule has 0 fully saturated rings. The Morgan fingerprint density at radius 3 is 2.71 bits per heavy atom. The first-order valence-corrected chi connectivity index (χ1v) is 7.89. The average Bonchev–Trinajstić information content (AvgIpc) is 3.31. The topological polar surface area (TPSA) is 103 Å². The number of carbonyl (C=O) groups excluding carboxylic acids is 1. The molecule has 0 aliphatic carbocycles. The van der Waals surface area contributed by atoms with Crippen LogP contribution >= 0.6 is 0 Å². The van der Waals surface area contributed by atoms with Crippen LogP contribution in [0.25, 0.3) is 11.5 Å². The van der Waals surface area contributed by atoms with Crippen molar-refractivity contribution in [3.05, 3.63) is 60.2 Å². The second kappa shape index (κ2) is 6.40. The third-order valence-corrected chi connectivity index (χ3v) is 3.87. The lowest BCUT2D eigenvalue weighted by atomic mass is 10.1. The largest absolute Gasteiger partial charge is 0.416 e. The monoisotopic (exact) mass is 388 g/mol. The molecule has 3 heterocycles. The van der Waals surface area contributed by atoms with Crippen LogP contribution in [0.3, 0.4) is 0 Å². The predicted octanol–water partition coefficient (Wildman–Crippen LogP) is 2.28. The van der Waals surface area contributed by atoms with E-state index < -0.39 is 17.6 Å². The maximum atomic E-state index is 13.1. The highest BCUT2D eigenvalue weighted by Gasteiger charge is 2.31. The van der Waals surface area contributed by atoms with E-state index in [1.807, 2.05) is 0 Å².